The van der Waals surface area contributed by atoms with Crippen LogP contribution in [0.5, 0.6) is 0 Å². The molecule has 1 rings (SSSR count). The average Bonchev–Trinajstić information content (AvgIpc) is 2.08. The second-order valence-corrected chi connectivity index (χ2v) is 4.22. The van der Waals surface area contributed by atoms with Crippen LogP contribution in [0.25, 0.3) is 0 Å². The van der Waals surface area contributed by atoms with Crippen LogP contribution in [-0.2, 0) is 0 Å². The molecule has 1 aliphatic heterocycles. The second-order valence-electron chi connectivity index (χ2n) is 4.22. The Hall–Kier alpha value is -0.340. The highest BCUT2D eigenvalue weighted by molar-refractivity contribution is 4.93. The molecule has 0 atom stereocenters. The summed E-state index contributed by atoms with van der Waals surface area (Å²) in [6.07, 6.45) is 3.55. The van der Waals surface area contributed by atoms with Crippen LogP contribution in [0.2, 0.25) is 0 Å². The molecule has 0 amide bonds. The molecule has 0 aliphatic carbocycles. The Bertz CT molecular complexity index is 163. The van der Waals surface area contributed by atoms with Crippen molar-refractivity contribution in [3.8, 4) is 0 Å². The number of allylic oxidation sites excluding steroid dienone is 1. The normalized spacial score (nSPS) is 20.2. The van der Waals surface area contributed by atoms with E-state index in [1.165, 1.54) is 44.7 Å². The number of hydrogen-bond donors (Lipinski definition) is 0. The van der Waals surface area contributed by atoms with Gasteiger partial charge in [0.2, 0.25) is 0 Å². The van der Waals surface area contributed by atoms with Gasteiger partial charge in [-0.15, -0.1) is 0 Å². The Morgan fingerprint density at radius 2 is 1.77 bits per heavy atom. The fourth-order valence-electron chi connectivity index (χ4n) is 1.61. The summed E-state index contributed by atoms with van der Waals surface area (Å²) >= 11 is 0. The van der Waals surface area contributed by atoms with Crippen LogP contribution < -0.4 is 0 Å². The summed E-state index contributed by atoms with van der Waals surface area (Å²) in [6, 6.07) is 0. The maximum atomic E-state index is 2.56. The quantitative estimate of drug-likeness (QED) is 0.612. The highest BCUT2D eigenvalue weighted by Gasteiger charge is 2.11. The number of likely N-dealkylation sites (N-methyl/N-ethyl adjacent to an activating group) is 1. The van der Waals surface area contributed by atoms with Gasteiger partial charge >= 0.3 is 0 Å². The molecule has 13 heavy (non-hydrogen) atoms. The van der Waals surface area contributed by atoms with Gasteiger partial charge in [-0.3, -0.25) is 0 Å². The summed E-state index contributed by atoms with van der Waals surface area (Å²) < 4.78 is 0. The lowest BCUT2D eigenvalue weighted by atomic mass is 10.2. The van der Waals surface area contributed by atoms with Crippen molar-refractivity contribution >= 4 is 0 Å². The van der Waals surface area contributed by atoms with Crippen LogP contribution in [0, 0.1) is 0 Å². The summed E-state index contributed by atoms with van der Waals surface area (Å²) in [5.74, 6) is 0. The van der Waals surface area contributed by atoms with Crippen LogP contribution in [0.15, 0.2) is 11.6 Å². The summed E-state index contributed by atoms with van der Waals surface area (Å²) in [6.45, 7) is 10.5. The monoisotopic (exact) mass is 182 g/mol. The fourth-order valence-corrected chi connectivity index (χ4v) is 1.61. The minimum Gasteiger partial charge on any atom is -0.304 e. The maximum absolute atomic E-state index is 2.56. The minimum atomic E-state index is 1.21. The van der Waals surface area contributed by atoms with E-state index in [2.05, 4.69) is 36.8 Å². The van der Waals surface area contributed by atoms with E-state index in [1.54, 1.807) is 0 Å². The molecule has 76 valence electrons. The Morgan fingerprint density at radius 1 is 1.15 bits per heavy atom. The van der Waals surface area contributed by atoms with E-state index in [-0.39, 0.29) is 0 Å². The molecule has 0 aromatic heterocycles. The summed E-state index contributed by atoms with van der Waals surface area (Å²) in [4.78, 5) is 4.96. The van der Waals surface area contributed by atoms with Gasteiger partial charge in [-0.2, -0.15) is 0 Å². The van der Waals surface area contributed by atoms with Gasteiger partial charge in [0.15, 0.2) is 0 Å². The average molecular weight is 182 g/mol. The summed E-state index contributed by atoms with van der Waals surface area (Å²) in [5, 5.41) is 0. The Labute approximate surface area is 82.2 Å². The molecule has 0 bridgehead atoms. The largest absolute Gasteiger partial charge is 0.304 e. The second kappa shape index (κ2) is 5.40. The zero-order valence-electron chi connectivity index (χ0n) is 9.21. The van der Waals surface area contributed by atoms with Gasteiger partial charge in [0.25, 0.3) is 0 Å². The summed E-state index contributed by atoms with van der Waals surface area (Å²) in [7, 11) is 2.20. The highest BCUT2D eigenvalue weighted by atomic mass is 15.2. The molecule has 0 aromatic carbocycles. The molecule has 0 N–H and O–H groups in total. The van der Waals surface area contributed by atoms with Crippen LogP contribution in [0.4, 0.5) is 0 Å². The number of rotatable bonds is 3. The van der Waals surface area contributed by atoms with Gasteiger partial charge in [0.1, 0.15) is 0 Å². The van der Waals surface area contributed by atoms with E-state index in [1.807, 2.05) is 0 Å². The first-order valence-electron chi connectivity index (χ1n) is 5.23. The van der Waals surface area contributed by atoms with Gasteiger partial charge < -0.3 is 9.80 Å². The minimum absolute atomic E-state index is 1.21. The topological polar surface area (TPSA) is 6.48 Å². The van der Waals surface area contributed by atoms with Crippen LogP contribution in [0.3, 0.4) is 0 Å². The van der Waals surface area contributed by atoms with E-state index in [9.17, 15) is 0 Å². The number of nitrogens with zero attached hydrogens (tertiary/aromatic N) is 2. The first kappa shape index (κ1) is 10.7. The molecule has 0 aromatic rings. The van der Waals surface area contributed by atoms with E-state index in [0.29, 0.717) is 0 Å². The van der Waals surface area contributed by atoms with E-state index < -0.39 is 0 Å². The third-order valence-electron chi connectivity index (χ3n) is 2.59. The van der Waals surface area contributed by atoms with E-state index in [4.69, 9.17) is 0 Å². The van der Waals surface area contributed by atoms with Crippen molar-refractivity contribution in [3.63, 3.8) is 0 Å². The van der Waals surface area contributed by atoms with Crippen molar-refractivity contribution in [2.24, 2.45) is 0 Å². The Kier molecular flexibility index (Phi) is 4.46. The first-order chi connectivity index (χ1) is 6.18. The van der Waals surface area contributed by atoms with Gasteiger partial charge in [0.05, 0.1) is 0 Å². The van der Waals surface area contributed by atoms with Gasteiger partial charge in [-0.1, -0.05) is 11.6 Å². The molecular weight excluding hydrogens is 160 g/mol. The molecular formula is C11H22N2. The maximum Gasteiger partial charge on any atom is 0.0110 e. The molecule has 1 heterocycles. The van der Waals surface area contributed by atoms with Crippen molar-refractivity contribution in [1.82, 2.24) is 9.80 Å². The third-order valence-corrected chi connectivity index (χ3v) is 2.59. The molecule has 2 heteroatoms. The van der Waals surface area contributed by atoms with Crippen LogP contribution >= 0.6 is 0 Å². The SMILES string of the molecule is CC(C)=CCCN1CCN(C)CC1. The van der Waals surface area contributed by atoms with Gasteiger partial charge in [-0.25, -0.2) is 0 Å². The highest BCUT2D eigenvalue weighted by Crippen LogP contribution is 2.01. The zero-order chi connectivity index (χ0) is 9.68. The lowest BCUT2D eigenvalue weighted by Crippen LogP contribution is -2.44. The molecule has 0 radical (unpaired) electrons. The standard InChI is InChI=1S/C11H22N2/c1-11(2)5-4-6-13-9-7-12(3)8-10-13/h5H,4,6-10H2,1-3H3. The predicted octanol–water partition coefficient (Wildman–Crippen LogP) is 1.59. The molecule has 0 saturated carbocycles. The molecule has 2 nitrogen and oxygen atoms in total. The lowest BCUT2D eigenvalue weighted by Gasteiger charge is -2.32. The zero-order valence-corrected chi connectivity index (χ0v) is 9.21. The lowest BCUT2D eigenvalue weighted by molar-refractivity contribution is 0.156. The van der Waals surface area contributed by atoms with Crippen molar-refractivity contribution in [3.05, 3.63) is 11.6 Å². The van der Waals surface area contributed by atoms with Crippen LogP contribution in [0.1, 0.15) is 20.3 Å². The van der Waals surface area contributed by atoms with Gasteiger partial charge in [-0.05, 0) is 27.3 Å². The van der Waals surface area contributed by atoms with E-state index in [0.717, 1.165) is 0 Å². The molecule has 0 unspecified atom stereocenters. The van der Waals surface area contributed by atoms with Crippen LogP contribution in [-0.4, -0.2) is 49.6 Å². The molecule has 1 aliphatic rings. The molecule has 1 saturated heterocycles. The molecule has 0 spiro atoms. The van der Waals surface area contributed by atoms with Crippen molar-refractivity contribution in [1.29, 1.82) is 0 Å². The van der Waals surface area contributed by atoms with Crippen molar-refractivity contribution < 1.29 is 0 Å². The third kappa shape index (κ3) is 4.44. The van der Waals surface area contributed by atoms with E-state index >= 15 is 0 Å². The first-order valence-corrected chi connectivity index (χ1v) is 5.23. The molecule has 1 fully saturated rings. The van der Waals surface area contributed by atoms with Gasteiger partial charge in [0, 0.05) is 32.7 Å². The predicted molar refractivity (Wildman–Crippen MR) is 58.0 cm³/mol. The smallest absolute Gasteiger partial charge is 0.0110 e. The van der Waals surface area contributed by atoms with Crippen molar-refractivity contribution in [2.75, 3.05) is 39.8 Å². The Morgan fingerprint density at radius 3 is 2.31 bits per heavy atom. The fraction of sp³-hybridized carbons (Fsp3) is 0.818. The Balaban J connectivity index is 2.12. The number of hydrogen-bond acceptors (Lipinski definition) is 2. The van der Waals surface area contributed by atoms with Crippen molar-refractivity contribution in [2.45, 2.75) is 20.3 Å². The number of piperazine rings is 1. The summed E-state index contributed by atoms with van der Waals surface area (Å²) in [5.41, 5.74) is 1.44.